The topological polar surface area (TPSA) is 76.8 Å². The minimum Gasteiger partial charge on any atom is -0.491 e. The Morgan fingerprint density at radius 3 is 2.71 bits per heavy atom. The third-order valence-electron chi connectivity index (χ3n) is 2.34. The predicted molar refractivity (Wildman–Crippen MR) is 64.6 cm³/mol. The van der Waals surface area contributed by atoms with Crippen molar-refractivity contribution in [3.8, 4) is 5.75 Å². The van der Waals surface area contributed by atoms with E-state index < -0.39 is 0 Å². The summed E-state index contributed by atoms with van der Waals surface area (Å²) < 4.78 is 5.72. The Hall–Kier alpha value is -1.88. The van der Waals surface area contributed by atoms with Crippen LogP contribution in [-0.4, -0.2) is 21.3 Å². The highest BCUT2D eigenvalue weighted by atomic mass is 16.5. The first-order valence-corrected chi connectivity index (χ1v) is 5.55. The lowest BCUT2D eigenvalue weighted by Gasteiger charge is -2.17. The molecule has 0 radical (unpaired) electrons. The highest BCUT2D eigenvalue weighted by molar-refractivity contribution is 5.38. The van der Waals surface area contributed by atoms with Crippen LogP contribution in [0.4, 0.5) is 0 Å². The van der Waals surface area contributed by atoms with Gasteiger partial charge in [-0.1, -0.05) is 18.2 Å². The smallest absolute Gasteiger partial charge is 0.145 e. The largest absolute Gasteiger partial charge is 0.491 e. The lowest BCUT2D eigenvalue weighted by molar-refractivity contribution is 0.239. The zero-order chi connectivity index (χ0) is 12.3. The van der Waals surface area contributed by atoms with Crippen molar-refractivity contribution in [2.24, 2.45) is 5.73 Å². The molecule has 5 nitrogen and oxygen atoms in total. The van der Waals surface area contributed by atoms with Crippen LogP contribution in [0.3, 0.4) is 0 Å². The van der Waals surface area contributed by atoms with Crippen molar-refractivity contribution >= 4 is 0 Å². The van der Waals surface area contributed by atoms with Gasteiger partial charge in [-0.25, -0.2) is 4.98 Å². The highest BCUT2D eigenvalue weighted by Crippen LogP contribution is 2.27. The molecule has 0 saturated heterocycles. The fourth-order valence-corrected chi connectivity index (χ4v) is 1.61. The van der Waals surface area contributed by atoms with Gasteiger partial charge >= 0.3 is 0 Å². The first-order valence-electron chi connectivity index (χ1n) is 5.55. The molecule has 0 amide bonds. The van der Waals surface area contributed by atoms with Crippen molar-refractivity contribution in [1.82, 2.24) is 15.2 Å². The molecule has 1 unspecified atom stereocenters. The summed E-state index contributed by atoms with van der Waals surface area (Å²) in [5, 5.41) is 6.58. The second kappa shape index (κ2) is 4.97. The summed E-state index contributed by atoms with van der Waals surface area (Å²) >= 11 is 0. The molecule has 90 valence electrons. The number of nitrogens with one attached hydrogen (secondary N) is 1. The molecule has 2 rings (SSSR count). The van der Waals surface area contributed by atoms with Crippen molar-refractivity contribution in [3.05, 3.63) is 42.0 Å². The quantitative estimate of drug-likeness (QED) is 0.840. The number of aromatic amines is 1. The van der Waals surface area contributed by atoms with Crippen LogP contribution in [0.5, 0.6) is 5.75 Å². The summed E-state index contributed by atoms with van der Waals surface area (Å²) in [5.74, 6) is 1.41. The highest BCUT2D eigenvalue weighted by Gasteiger charge is 2.16. The van der Waals surface area contributed by atoms with Crippen molar-refractivity contribution < 1.29 is 4.74 Å². The van der Waals surface area contributed by atoms with E-state index in [1.807, 2.05) is 38.1 Å². The van der Waals surface area contributed by atoms with Gasteiger partial charge in [-0.3, -0.25) is 5.10 Å². The average Bonchev–Trinajstić information content (AvgIpc) is 2.81. The molecule has 3 N–H and O–H groups in total. The van der Waals surface area contributed by atoms with Gasteiger partial charge in [-0.05, 0) is 19.9 Å². The van der Waals surface area contributed by atoms with Crippen LogP contribution >= 0.6 is 0 Å². The first kappa shape index (κ1) is 11.6. The van der Waals surface area contributed by atoms with Crippen molar-refractivity contribution in [1.29, 1.82) is 0 Å². The van der Waals surface area contributed by atoms with Gasteiger partial charge in [0.1, 0.15) is 17.9 Å². The minimum absolute atomic E-state index is 0.109. The Kier molecular flexibility index (Phi) is 3.39. The van der Waals surface area contributed by atoms with Gasteiger partial charge in [0.15, 0.2) is 0 Å². The van der Waals surface area contributed by atoms with E-state index in [1.165, 1.54) is 6.33 Å². The van der Waals surface area contributed by atoms with Crippen LogP contribution < -0.4 is 10.5 Å². The van der Waals surface area contributed by atoms with E-state index in [-0.39, 0.29) is 12.1 Å². The third kappa shape index (κ3) is 2.62. The molecule has 5 heteroatoms. The Morgan fingerprint density at radius 2 is 2.06 bits per heavy atom. The zero-order valence-corrected chi connectivity index (χ0v) is 9.92. The van der Waals surface area contributed by atoms with E-state index >= 15 is 0 Å². The molecule has 1 aromatic heterocycles. The van der Waals surface area contributed by atoms with E-state index in [4.69, 9.17) is 10.5 Å². The number of aromatic nitrogens is 3. The third-order valence-corrected chi connectivity index (χ3v) is 2.34. The van der Waals surface area contributed by atoms with E-state index in [1.54, 1.807) is 0 Å². The maximum atomic E-state index is 6.12. The standard InChI is InChI=1S/C12H16N4O/c1-8(2)17-10-6-4-3-5-9(10)11(13)12-14-7-15-16-12/h3-8,11H,13H2,1-2H3,(H,14,15,16). The molecule has 0 bridgehead atoms. The Labute approximate surface area is 100 Å². The number of H-pyrrole nitrogens is 1. The van der Waals surface area contributed by atoms with Crippen LogP contribution in [0, 0.1) is 0 Å². The molecular formula is C12H16N4O. The SMILES string of the molecule is CC(C)Oc1ccccc1C(N)c1ncn[nH]1. The molecule has 2 aromatic rings. The Balaban J connectivity index is 2.31. The van der Waals surface area contributed by atoms with E-state index in [0.717, 1.165) is 11.3 Å². The summed E-state index contributed by atoms with van der Waals surface area (Å²) in [5.41, 5.74) is 7.02. The van der Waals surface area contributed by atoms with E-state index in [9.17, 15) is 0 Å². The van der Waals surface area contributed by atoms with Crippen LogP contribution in [0.15, 0.2) is 30.6 Å². The number of rotatable bonds is 4. The van der Waals surface area contributed by atoms with Crippen molar-refractivity contribution in [3.63, 3.8) is 0 Å². The molecular weight excluding hydrogens is 216 g/mol. The fraction of sp³-hybridized carbons (Fsp3) is 0.333. The van der Waals surface area contributed by atoms with Crippen molar-refractivity contribution in [2.75, 3.05) is 0 Å². The molecule has 17 heavy (non-hydrogen) atoms. The molecule has 0 aliphatic carbocycles. The summed E-state index contributed by atoms with van der Waals surface area (Å²) in [4.78, 5) is 4.07. The maximum absolute atomic E-state index is 6.12. The molecule has 0 aliphatic rings. The zero-order valence-electron chi connectivity index (χ0n) is 9.92. The van der Waals surface area contributed by atoms with Gasteiger partial charge in [0.2, 0.25) is 0 Å². The molecule has 1 aromatic carbocycles. The number of benzene rings is 1. The fourth-order valence-electron chi connectivity index (χ4n) is 1.61. The maximum Gasteiger partial charge on any atom is 0.145 e. The summed E-state index contributed by atoms with van der Waals surface area (Å²) in [6.45, 7) is 3.97. The summed E-state index contributed by atoms with van der Waals surface area (Å²) in [6, 6.07) is 7.34. The van der Waals surface area contributed by atoms with Gasteiger partial charge in [0.25, 0.3) is 0 Å². The van der Waals surface area contributed by atoms with Crippen LogP contribution in [-0.2, 0) is 0 Å². The lowest BCUT2D eigenvalue weighted by atomic mass is 10.1. The molecule has 0 aliphatic heterocycles. The van der Waals surface area contributed by atoms with E-state index in [0.29, 0.717) is 5.82 Å². The van der Waals surface area contributed by atoms with Crippen LogP contribution in [0.25, 0.3) is 0 Å². The van der Waals surface area contributed by atoms with Gasteiger partial charge in [-0.15, -0.1) is 0 Å². The molecule has 1 heterocycles. The molecule has 0 spiro atoms. The van der Waals surface area contributed by atoms with Crippen LogP contribution in [0.2, 0.25) is 0 Å². The van der Waals surface area contributed by atoms with Gasteiger partial charge in [0.05, 0.1) is 12.1 Å². The first-order chi connectivity index (χ1) is 8.18. The number of nitrogens with two attached hydrogens (primary N) is 1. The summed E-state index contributed by atoms with van der Waals surface area (Å²) in [6.07, 6.45) is 1.55. The second-order valence-electron chi connectivity index (χ2n) is 4.05. The normalized spacial score (nSPS) is 12.7. The van der Waals surface area contributed by atoms with Gasteiger partial charge in [-0.2, -0.15) is 5.10 Å². The second-order valence-corrected chi connectivity index (χ2v) is 4.05. The Morgan fingerprint density at radius 1 is 1.29 bits per heavy atom. The van der Waals surface area contributed by atoms with Crippen LogP contribution in [0.1, 0.15) is 31.3 Å². The number of nitrogens with zero attached hydrogens (tertiary/aromatic N) is 2. The molecule has 0 saturated carbocycles. The van der Waals surface area contributed by atoms with Gasteiger partial charge < -0.3 is 10.5 Å². The monoisotopic (exact) mass is 232 g/mol. The summed E-state index contributed by atoms with van der Waals surface area (Å²) in [7, 11) is 0. The number of hydrogen-bond donors (Lipinski definition) is 2. The van der Waals surface area contributed by atoms with Gasteiger partial charge in [0, 0.05) is 5.56 Å². The van der Waals surface area contributed by atoms with Crippen molar-refractivity contribution in [2.45, 2.75) is 26.0 Å². The Bertz CT molecular complexity index is 467. The minimum atomic E-state index is -0.354. The number of para-hydroxylation sites is 1. The predicted octanol–water partition coefficient (Wildman–Crippen LogP) is 1.64. The number of hydrogen-bond acceptors (Lipinski definition) is 4. The number of ether oxygens (including phenoxy) is 1. The van der Waals surface area contributed by atoms with E-state index in [2.05, 4.69) is 15.2 Å². The molecule has 1 atom stereocenters. The lowest BCUT2D eigenvalue weighted by Crippen LogP contribution is -2.16. The molecule has 0 fully saturated rings. The average molecular weight is 232 g/mol.